The fourth-order valence-corrected chi connectivity index (χ4v) is 3.14. The van der Waals surface area contributed by atoms with E-state index in [2.05, 4.69) is 5.32 Å². The predicted molar refractivity (Wildman–Crippen MR) is 79.0 cm³/mol. The fraction of sp³-hybridized carbons (Fsp3) is 0.562. The van der Waals surface area contributed by atoms with Gasteiger partial charge in [0.25, 0.3) is 0 Å². The van der Waals surface area contributed by atoms with Crippen molar-refractivity contribution in [1.82, 2.24) is 10.2 Å². The zero-order valence-electron chi connectivity index (χ0n) is 12.5. The lowest BCUT2D eigenvalue weighted by Gasteiger charge is -2.35. The van der Waals surface area contributed by atoms with E-state index in [4.69, 9.17) is 9.47 Å². The van der Waals surface area contributed by atoms with Crippen LogP contribution >= 0.6 is 0 Å². The topological polar surface area (TPSA) is 50.8 Å². The van der Waals surface area contributed by atoms with Crippen LogP contribution in [0.25, 0.3) is 0 Å². The first-order valence-electron chi connectivity index (χ1n) is 7.50. The molecule has 2 aliphatic heterocycles. The third kappa shape index (κ3) is 2.76. The number of methoxy groups -OCH3 is 1. The molecule has 0 saturated carbocycles. The van der Waals surface area contributed by atoms with Crippen molar-refractivity contribution in [2.75, 3.05) is 20.3 Å². The summed E-state index contributed by atoms with van der Waals surface area (Å²) in [4.78, 5) is 14.5. The Morgan fingerprint density at radius 2 is 2.29 bits per heavy atom. The number of nitrogens with zero attached hydrogens (tertiary/aromatic N) is 1. The Balaban J connectivity index is 1.88. The van der Waals surface area contributed by atoms with Crippen LogP contribution in [0.1, 0.15) is 31.5 Å². The van der Waals surface area contributed by atoms with E-state index >= 15 is 0 Å². The zero-order valence-corrected chi connectivity index (χ0v) is 12.5. The lowest BCUT2D eigenvalue weighted by molar-refractivity contribution is -0.135. The van der Waals surface area contributed by atoms with Crippen LogP contribution in [0.3, 0.4) is 0 Å². The Morgan fingerprint density at radius 1 is 1.43 bits per heavy atom. The summed E-state index contributed by atoms with van der Waals surface area (Å²) in [6.07, 6.45) is 1.91. The van der Waals surface area contributed by atoms with E-state index in [1.165, 1.54) is 0 Å². The van der Waals surface area contributed by atoms with Gasteiger partial charge in [-0.2, -0.15) is 0 Å². The normalized spacial score (nSPS) is 29.7. The minimum atomic E-state index is -0.164. The number of nitrogens with one attached hydrogen (secondary N) is 1. The van der Waals surface area contributed by atoms with Crippen molar-refractivity contribution in [3.63, 3.8) is 0 Å². The van der Waals surface area contributed by atoms with E-state index in [9.17, 15) is 4.79 Å². The smallest absolute Gasteiger partial charge is 0.241 e. The Morgan fingerprint density at radius 3 is 3.00 bits per heavy atom. The molecule has 2 heterocycles. The first-order valence-corrected chi connectivity index (χ1v) is 7.50. The number of hydrogen-bond acceptors (Lipinski definition) is 4. The summed E-state index contributed by atoms with van der Waals surface area (Å²) in [5, 5.41) is 3.38. The van der Waals surface area contributed by atoms with E-state index in [1.54, 1.807) is 7.11 Å². The van der Waals surface area contributed by atoms with E-state index < -0.39 is 0 Å². The summed E-state index contributed by atoms with van der Waals surface area (Å²) >= 11 is 0. The number of benzene rings is 1. The molecule has 3 atom stereocenters. The maximum absolute atomic E-state index is 12.5. The van der Waals surface area contributed by atoms with Crippen molar-refractivity contribution in [3.05, 3.63) is 29.8 Å². The van der Waals surface area contributed by atoms with Gasteiger partial charge >= 0.3 is 0 Å². The molecule has 0 radical (unpaired) electrons. The Hall–Kier alpha value is -1.59. The molecule has 0 bridgehead atoms. The molecular weight excluding hydrogens is 268 g/mol. The third-order valence-electron chi connectivity index (χ3n) is 4.25. The highest BCUT2D eigenvalue weighted by Gasteiger charge is 2.41. The van der Waals surface area contributed by atoms with Crippen molar-refractivity contribution in [2.45, 2.75) is 38.0 Å². The van der Waals surface area contributed by atoms with Crippen molar-refractivity contribution in [3.8, 4) is 5.75 Å². The highest BCUT2D eigenvalue weighted by atomic mass is 16.5. The molecule has 1 aromatic carbocycles. The molecule has 2 fully saturated rings. The molecule has 5 nitrogen and oxygen atoms in total. The van der Waals surface area contributed by atoms with Crippen LogP contribution in [0.15, 0.2) is 24.3 Å². The molecule has 5 heteroatoms. The van der Waals surface area contributed by atoms with Crippen molar-refractivity contribution < 1.29 is 14.3 Å². The van der Waals surface area contributed by atoms with Crippen LogP contribution in [0, 0.1) is 0 Å². The van der Waals surface area contributed by atoms with Gasteiger partial charge in [-0.25, -0.2) is 0 Å². The lowest BCUT2D eigenvalue weighted by atomic mass is 10.1. The summed E-state index contributed by atoms with van der Waals surface area (Å²) in [6, 6.07) is 7.88. The van der Waals surface area contributed by atoms with Crippen LogP contribution in [-0.4, -0.2) is 43.2 Å². The van der Waals surface area contributed by atoms with E-state index in [0.29, 0.717) is 6.61 Å². The Kier molecular flexibility index (Phi) is 4.12. The second kappa shape index (κ2) is 6.03. The summed E-state index contributed by atoms with van der Waals surface area (Å²) in [5.74, 6) is 0.958. The van der Waals surface area contributed by atoms with E-state index in [0.717, 1.165) is 30.8 Å². The molecule has 2 aliphatic rings. The predicted octanol–water partition coefficient (Wildman–Crippen LogP) is 1.69. The highest BCUT2D eigenvalue weighted by molar-refractivity contribution is 5.84. The molecule has 0 aliphatic carbocycles. The molecule has 3 unspecified atom stereocenters. The van der Waals surface area contributed by atoms with Gasteiger partial charge in [0.1, 0.15) is 11.9 Å². The number of rotatable bonds is 3. The lowest BCUT2D eigenvalue weighted by Crippen LogP contribution is -2.44. The van der Waals surface area contributed by atoms with Gasteiger partial charge in [-0.05, 0) is 37.5 Å². The van der Waals surface area contributed by atoms with Crippen molar-refractivity contribution in [2.24, 2.45) is 0 Å². The fourth-order valence-electron chi connectivity index (χ4n) is 3.14. The average Bonchev–Trinajstić information content (AvgIpc) is 2.84. The summed E-state index contributed by atoms with van der Waals surface area (Å²) < 4.78 is 10.9. The Bertz CT molecular complexity index is 514. The summed E-state index contributed by atoms with van der Waals surface area (Å²) in [6.45, 7) is 3.34. The molecule has 21 heavy (non-hydrogen) atoms. The van der Waals surface area contributed by atoms with E-state index in [-0.39, 0.29) is 24.2 Å². The zero-order chi connectivity index (χ0) is 14.8. The number of hydrogen-bond donors (Lipinski definition) is 1. The van der Waals surface area contributed by atoms with E-state index in [1.807, 2.05) is 36.1 Å². The first-order chi connectivity index (χ1) is 10.2. The third-order valence-corrected chi connectivity index (χ3v) is 4.25. The number of carbonyl (C=O) groups excluding carboxylic acids is 1. The summed E-state index contributed by atoms with van der Waals surface area (Å²) in [5.41, 5.74) is 1.05. The average molecular weight is 290 g/mol. The summed E-state index contributed by atoms with van der Waals surface area (Å²) in [7, 11) is 1.65. The Labute approximate surface area is 125 Å². The molecule has 2 saturated heterocycles. The molecular formula is C16H22N2O3. The van der Waals surface area contributed by atoms with Crippen LogP contribution in [0.4, 0.5) is 0 Å². The number of amides is 1. The van der Waals surface area contributed by atoms with Gasteiger partial charge in [-0.1, -0.05) is 12.1 Å². The molecule has 3 rings (SSSR count). The quantitative estimate of drug-likeness (QED) is 0.920. The maximum Gasteiger partial charge on any atom is 0.241 e. The van der Waals surface area contributed by atoms with Crippen molar-refractivity contribution >= 4 is 5.91 Å². The van der Waals surface area contributed by atoms with Crippen LogP contribution in [-0.2, 0) is 9.53 Å². The minimum Gasteiger partial charge on any atom is -0.497 e. The van der Waals surface area contributed by atoms with Gasteiger partial charge in [0.2, 0.25) is 5.91 Å². The number of carbonyl (C=O) groups is 1. The second-order valence-corrected chi connectivity index (χ2v) is 5.68. The molecule has 1 N–H and O–H groups in total. The van der Waals surface area contributed by atoms with Gasteiger partial charge in [-0.15, -0.1) is 0 Å². The monoisotopic (exact) mass is 290 g/mol. The van der Waals surface area contributed by atoms with Gasteiger partial charge in [0, 0.05) is 6.61 Å². The van der Waals surface area contributed by atoms with Crippen LogP contribution in [0.5, 0.6) is 5.75 Å². The first kappa shape index (κ1) is 14.4. The second-order valence-electron chi connectivity index (χ2n) is 5.68. The standard InChI is InChI=1S/C16H22N2O3/c1-11-16(19)18(13-6-4-8-21-10-13)15(17-11)12-5-3-7-14(9-12)20-2/h3,5,7,9,11,13,15,17H,4,6,8,10H2,1-2H3. The molecule has 1 amide bonds. The molecule has 0 aromatic heterocycles. The maximum atomic E-state index is 12.5. The minimum absolute atomic E-state index is 0.103. The van der Waals surface area contributed by atoms with Gasteiger partial charge in [0.05, 0.1) is 25.8 Å². The molecule has 114 valence electrons. The van der Waals surface area contributed by atoms with Crippen LogP contribution < -0.4 is 10.1 Å². The van der Waals surface area contributed by atoms with Crippen LogP contribution in [0.2, 0.25) is 0 Å². The van der Waals surface area contributed by atoms with Gasteiger partial charge in [-0.3, -0.25) is 10.1 Å². The van der Waals surface area contributed by atoms with Gasteiger partial charge in [0.15, 0.2) is 0 Å². The largest absolute Gasteiger partial charge is 0.497 e. The highest BCUT2D eigenvalue weighted by Crippen LogP contribution is 2.31. The van der Waals surface area contributed by atoms with Gasteiger partial charge < -0.3 is 14.4 Å². The number of ether oxygens (including phenoxy) is 2. The van der Waals surface area contributed by atoms with Crippen molar-refractivity contribution in [1.29, 1.82) is 0 Å². The molecule has 0 spiro atoms. The SMILES string of the molecule is COc1cccc(C2NC(C)C(=O)N2C2CCCOC2)c1. The molecule has 1 aromatic rings.